The second-order valence-electron chi connectivity index (χ2n) is 2.83. The van der Waals surface area contributed by atoms with Crippen LogP contribution in [0.25, 0.3) is 6.08 Å². The fourth-order valence-electron chi connectivity index (χ4n) is 1.27. The molecule has 1 aliphatic rings. The summed E-state index contributed by atoms with van der Waals surface area (Å²) < 4.78 is 0. The molecule has 0 saturated carbocycles. The van der Waals surface area contributed by atoms with Crippen molar-refractivity contribution >= 4 is 6.08 Å². The third-order valence-corrected chi connectivity index (χ3v) is 1.86. The van der Waals surface area contributed by atoms with E-state index in [1.54, 1.807) is 0 Å². The van der Waals surface area contributed by atoms with Crippen LogP contribution >= 0.6 is 0 Å². The molecule has 1 aromatic rings. The van der Waals surface area contributed by atoms with Crippen LogP contribution in [0.4, 0.5) is 0 Å². The van der Waals surface area contributed by atoms with Crippen molar-refractivity contribution in [3.8, 4) is 5.75 Å². The second-order valence-corrected chi connectivity index (χ2v) is 2.83. The van der Waals surface area contributed by atoms with Crippen LogP contribution in [0.2, 0.25) is 0 Å². The van der Waals surface area contributed by atoms with Gasteiger partial charge in [0.25, 0.3) is 0 Å². The number of hydrogen-bond acceptors (Lipinski definition) is 3. The predicted octanol–water partition coefficient (Wildman–Crippen LogP) is 1.49. The van der Waals surface area contributed by atoms with Crippen molar-refractivity contribution in [2.75, 3.05) is 6.54 Å². The van der Waals surface area contributed by atoms with E-state index in [9.17, 15) is 0 Å². The molecule has 0 bridgehead atoms. The summed E-state index contributed by atoms with van der Waals surface area (Å²) in [6.07, 6.45) is 2.03. The zero-order chi connectivity index (χ0) is 9.10. The molecular formula is C10H12N2O. The number of hydroxylamine groups is 1. The summed E-state index contributed by atoms with van der Waals surface area (Å²) in [6.45, 7) is 2.92. The highest BCUT2D eigenvalue weighted by molar-refractivity contribution is 5.60. The molecule has 3 nitrogen and oxygen atoms in total. The third kappa shape index (κ3) is 1.59. The Morgan fingerprint density at radius 2 is 2.23 bits per heavy atom. The molecule has 0 fully saturated rings. The van der Waals surface area contributed by atoms with E-state index in [2.05, 4.69) is 10.8 Å². The van der Waals surface area contributed by atoms with E-state index in [4.69, 9.17) is 4.84 Å². The molecule has 1 aromatic carbocycles. The lowest BCUT2D eigenvalue weighted by molar-refractivity contribution is 0.216. The van der Waals surface area contributed by atoms with E-state index in [0.717, 1.165) is 23.7 Å². The Labute approximate surface area is 77.4 Å². The van der Waals surface area contributed by atoms with Crippen LogP contribution in [0.3, 0.4) is 0 Å². The van der Waals surface area contributed by atoms with Gasteiger partial charge in [0.05, 0.1) is 0 Å². The smallest absolute Gasteiger partial charge is 0.162 e. The van der Waals surface area contributed by atoms with Crippen molar-refractivity contribution in [3.05, 3.63) is 35.6 Å². The first-order valence-corrected chi connectivity index (χ1v) is 4.37. The maximum Gasteiger partial charge on any atom is 0.162 e. The number of nitrogens with one attached hydrogen (secondary N) is 2. The first kappa shape index (κ1) is 7.98. The highest BCUT2D eigenvalue weighted by atomic mass is 16.6. The molecule has 13 heavy (non-hydrogen) atoms. The van der Waals surface area contributed by atoms with Crippen molar-refractivity contribution in [1.29, 1.82) is 0 Å². The minimum atomic E-state index is 0.865. The minimum absolute atomic E-state index is 0.865. The molecule has 0 aromatic heterocycles. The molecular weight excluding hydrogens is 164 g/mol. The average molecular weight is 176 g/mol. The van der Waals surface area contributed by atoms with Crippen molar-refractivity contribution in [2.45, 2.75) is 6.92 Å². The topological polar surface area (TPSA) is 33.3 Å². The van der Waals surface area contributed by atoms with E-state index in [1.807, 2.05) is 37.3 Å². The molecule has 2 rings (SSSR count). The van der Waals surface area contributed by atoms with Gasteiger partial charge in [-0.15, -0.1) is 0 Å². The Kier molecular flexibility index (Phi) is 2.08. The molecule has 0 radical (unpaired) electrons. The van der Waals surface area contributed by atoms with Crippen LogP contribution in [-0.2, 0) is 0 Å². The van der Waals surface area contributed by atoms with Crippen LogP contribution in [0.1, 0.15) is 12.5 Å². The average Bonchev–Trinajstić information content (AvgIpc) is 2.18. The normalized spacial score (nSPS) is 13.5. The van der Waals surface area contributed by atoms with Crippen LogP contribution in [-0.4, -0.2) is 6.54 Å². The standard InChI is InChI=1S/C10H12N2O/c1-2-11-10-7-8-5-3-4-6-9(8)13-12-10/h3-7,11-12H,2H2,1H3. The number of para-hydroxylation sites is 1. The molecule has 0 amide bonds. The summed E-state index contributed by atoms with van der Waals surface area (Å²) in [4.78, 5) is 5.31. The maximum atomic E-state index is 5.31. The first-order chi connectivity index (χ1) is 6.40. The van der Waals surface area contributed by atoms with Gasteiger partial charge in [0.15, 0.2) is 5.75 Å². The number of rotatable bonds is 2. The summed E-state index contributed by atoms with van der Waals surface area (Å²) >= 11 is 0. The van der Waals surface area contributed by atoms with E-state index in [-0.39, 0.29) is 0 Å². The quantitative estimate of drug-likeness (QED) is 0.716. The Morgan fingerprint density at radius 1 is 1.38 bits per heavy atom. The fourth-order valence-corrected chi connectivity index (χ4v) is 1.27. The minimum Gasteiger partial charge on any atom is -0.380 e. The zero-order valence-electron chi connectivity index (χ0n) is 7.50. The van der Waals surface area contributed by atoms with Crippen LogP contribution in [0.5, 0.6) is 5.75 Å². The van der Waals surface area contributed by atoms with Gasteiger partial charge in [0.2, 0.25) is 0 Å². The van der Waals surface area contributed by atoms with E-state index in [1.165, 1.54) is 0 Å². The zero-order valence-corrected chi connectivity index (χ0v) is 7.50. The van der Waals surface area contributed by atoms with Gasteiger partial charge in [0.1, 0.15) is 5.82 Å². The Hall–Kier alpha value is -1.64. The highest BCUT2D eigenvalue weighted by Gasteiger charge is 2.08. The Balaban J connectivity index is 2.28. The van der Waals surface area contributed by atoms with Crippen molar-refractivity contribution < 1.29 is 4.84 Å². The van der Waals surface area contributed by atoms with Crippen LogP contribution in [0, 0.1) is 0 Å². The van der Waals surface area contributed by atoms with Gasteiger partial charge in [-0.2, -0.15) is 0 Å². The molecule has 0 unspecified atom stereocenters. The molecule has 1 heterocycles. The summed E-state index contributed by atoms with van der Waals surface area (Å²) in [5, 5.41) is 3.15. The summed E-state index contributed by atoms with van der Waals surface area (Å²) in [6, 6.07) is 7.90. The van der Waals surface area contributed by atoms with Crippen molar-refractivity contribution in [1.82, 2.24) is 10.8 Å². The molecule has 3 heteroatoms. The molecule has 0 saturated heterocycles. The van der Waals surface area contributed by atoms with Crippen LogP contribution in [0.15, 0.2) is 30.1 Å². The van der Waals surface area contributed by atoms with Gasteiger partial charge in [-0.3, -0.25) is 0 Å². The summed E-state index contributed by atoms with van der Waals surface area (Å²) in [5.74, 6) is 1.77. The second kappa shape index (κ2) is 3.39. The van der Waals surface area contributed by atoms with E-state index >= 15 is 0 Å². The maximum absolute atomic E-state index is 5.31. The van der Waals surface area contributed by atoms with Gasteiger partial charge in [-0.05, 0) is 19.1 Å². The SMILES string of the molecule is CCNC1=Cc2ccccc2ON1. The highest BCUT2D eigenvalue weighted by Crippen LogP contribution is 2.22. The predicted molar refractivity (Wildman–Crippen MR) is 51.9 cm³/mol. The lowest BCUT2D eigenvalue weighted by atomic mass is 10.2. The van der Waals surface area contributed by atoms with Gasteiger partial charge in [-0.25, -0.2) is 5.48 Å². The lowest BCUT2D eigenvalue weighted by Crippen LogP contribution is -2.31. The Morgan fingerprint density at radius 3 is 3.08 bits per heavy atom. The van der Waals surface area contributed by atoms with Gasteiger partial charge in [-0.1, -0.05) is 18.2 Å². The monoisotopic (exact) mass is 176 g/mol. The molecule has 0 atom stereocenters. The molecule has 0 spiro atoms. The number of benzene rings is 1. The van der Waals surface area contributed by atoms with Gasteiger partial charge < -0.3 is 10.2 Å². The Bertz CT molecular complexity index is 333. The van der Waals surface area contributed by atoms with Crippen LogP contribution < -0.4 is 15.6 Å². The number of hydrogen-bond donors (Lipinski definition) is 2. The third-order valence-electron chi connectivity index (χ3n) is 1.86. The molecule has 68 valence electrons. The molecule has 2 N–H and O–H groups in total. The van der Waals surface area contributed by atoms with Crippen molar-refractivity contribution in [3.63, 3.8) is 0 Å². The fraction of sp³-hybridized carbons (Fsp3) is 0.200. The van der Waals surface area contributed by atoms with Gasteiger partial charge in [0, 0.05) is 12.1 Å². The van der Waals surface area contributed by atoms with E-state index < -0.39 is 0 Å². The number of fused-ring (bicyclic) bond motifs is 1. The lowest BCUT2D eigenvalue weighted by Gasteiger charge is -2.18. The van der Waals surface area contributed by atoms with Crippen molar-refractivity contribution in [2.24, 2.45) is 0 Å². The van der Waals surface area contributed by atoms with E-state index in [0.29, 0.717) is 0 Å². The molecule has 1 aliphatic heterocycles. The largest absolute Gasteiger partial charge is 0.380 e. The summed E-state index contributed by atoms with van der Waals surface area (Å²) in [7, 11) is 0. The molecule has 0 aliphatic carbocycles. The first-order valence-electron chi connectivity index (χ1n) is 4.37. The summed E-state index contributed by atoms with van der Waals surface area (Å²) in [5.41, 5.74) is 3.92. The van der Waals surface area contributed by atoms with Gasteiger partial charge >= 0.3 is 0 Å².